The third-order valence-electron chi connectivity index (χ3n) is 5.45. The van der Waals surface area contributed by atoms with Crippen LogP contribution in [0.4, 0.5) is 0 Å². The Labute approximate surface area is 151 Å². The lowest BCUT2D eigenvalue weighted by Crippen LogP contribution is -1.94. The number of hydrogen-bond donors (Lipinski definition) is 0. The van der Waals surface area contributed by atoms with Crippen molar-refractivity contribution in [3.8, 4) is 0 Å². The maximum atomic E-state index is 2.39. The third-order valence-corrected chi connectivity index (χ3v) is 5.45. The predicted molar refractivity (Wildman–Crippen MR) is 108 cm³/mol. The highest BCUT2D eigenvalue weighted by Gasteiger charge is 2.17. The molecule has 0 bridgehead atoms. The van der Waals surface area contributed by atoms with Crippen LogP contribution < -0.4 is 0 Å². The number of benzene rings is 2. The van der Waals surface area contributed by atoms with Gasteiger partial charge in [-0.15, -0.1) is 0 Å². The number of fused-ring (bicyclic) bond motifs is 1. The lowest BCUT2D eigenvalue weighted by molar-refractivity contribution is 0.953. The monoisotopic (exact) mass is 326 g/mol. The van der Waals surface area contributed by atoms with Gasteiger partial charge >= 0.3 is 0 Å². The van der Waals surface area contributed by atoms with Gasteiger partial charge in [0.2, 0.25) is 0 Å². The quantitative estimate of drug-likeness (QED) is 0.622. The molecular formula is C25H26. The molecule has 1 unspecified atom stereocenters. The molecule has 2 aliphatic carbocycles. The van der Waals surface area contributed by atoms with Crippen LogP contribution in [0.2, 0.25) is 0 Å². The van der Waals surface area contributed by atoms with Gasteiger partial charge in [0.25, 0.3) is 0 Å². The molecule has 126 valence electrons. The Morgan fingerprint density at radius 2 is 1.64 bits per heavy atom. The molecule has 0 saturated heterocycles. The largest absolute Gasteiger partial charge is 0.0773 e. The fourth-order valence-corrected chi connectivity index (χ4v) is 3.82. The summed E-state index contributed by atoms with van der Waals surface area (Å²) < 4.78 is 0. The van der Waals surface area contributed by atoms with E-state index in [2.05, 4.69) is 80.6 Å². The normalized spacial score (nSPS) is 18.2. The highest BCUT2D eigenvalue weighted by Crippen LogP contribution is 2.33. The molecule has 1 atom stereocenters. The van der Waals surface area contributed by atoms with Crippen LogP contribution in [-0.2, 0) is 25.7 Å². The van der Waals surface area contributed by atoms with E-state index < -0.39 is 0 Å². The fourth-order valence-electron chi connectivity index (χ4n) is 3.82. The topological polar surface area (TPSA) is 0 Å². The van der Waals surface area contributed by atoms with Crippen molar-refractivity contribution >= 4 is 6.08 Å². The molecular weight excluding hydrogens is 300 g/mol. The standard InChI is InChI=1S/C25H26/c1-3-19-5-7-20(8-6-19)9-10-21-11-13-23-16-25(17-24(23)15-21)22-12-4-18(2)14-22/h4-8,11-15,17-18H,3,9-10,16H2,1-2H3. The van der Waals surface area contributed by atoms with Crippen molar-refractivity contribution < 1.29 is 0 Å². The van der Waals surface area contributed by atoms with Crippen LogP contribution in [0.5, 0.6) is 0 Å². The Kier molecular flexibility index (Phi) is 4.44. The molecule has 0 amide bonds. The summed E-state index contributed by atoms with van der Waals surface area (Å²) in [6.07, 6.45) is 13.8. The highest BCUT2D eigenvalue weighted by atomic mass is 14.2. The minimum Gasteiger partial charge on any atom is -0.0773 e. The van der Waals surface area contributed by atoms with E-state index in [9.17, 15) is 0 Å². The molecule has 0 saturated carbocycles. The molecule has 2 aromatic rings. The van der Waals surface area contributed by atoms with Gasteiger partial charge in [0, 0.05) is 0 Å². The molecule has 2 aromatic carbocycles. The van der Waals surface area contributed by atoms with Crippen molar-refractivity contribution in [3.05, 3.63) is 99.7 Å². The molecule has 0 nitrogen and oxygen atoms in total. The molecule has 0 heteroatoms. The van der Waals surface area contributed by atoms with E-state index in [-0.39, 0.29) is 0 Å². The SMILES string of the molecule is CCc1ccc(CCc2ccc3c(c2)C=C(C2=CC(C)C=C2)C3)cc1. The van der Waals surface area contributed by atoms with Crippen molar-refractivity contribution in [2.75, 3.05) is 0 Å². The van der Waals surface area contributed by atoms with Crippen LogP contribution in [0.1, 0.15) is 41.7 Å². The van der Waals surface area contributed by atoms with E-state index in [1.165, 1.54) is 39.0 Å². The average Bonchev–Trinajstić information content (AvgIpc) is 3.25. The Hall–Kier alpha value is -2.34. The molecule has 25 heavy (non-hydrogen) atoms. The maximum absolute atomic E-state index is 2.39. The first-order valence-corrected chi connectivity index (χ1v) is 9.52. The molecule has 0 N–H and O–H groups in total. The summed E-state index contributed by atoms with van der Waals surface area (Å²) in [5.74, 6) is 0.578. The van der Waals surface area contributed by atoms with Crippen molar-refractivity contribution in [1.82, 2.24) is 0 Å². The molecule has 0 fully saturated rings. The second-order valence-corrected chi connectivity index (χ2v) is 7.39. The van der Waals surface area contributed by atoms with Gasteiger partial charge in [-0.1, -0.05) is 80.6 Å². The molecule has 0 aliphatic heterocycles. The van der Waals surface area contributed by atoms with Crippen LogP contribution >= 0.6 is 0 Å². The summed E-state index contributed by atoms with van der Waals surface area (Å²) in [6.45, 7) is 4.46. The van der Waals surface area contributed by atoms with Gasteiger partial charge in [0.1, 0.15) is 0 Å². The number of aryl methyl sites for hydroxylation is 3. The summed E-state index contributed by atoms with van der Waals surface area (Å²) in [7, 11) is 0. The second-order valence-electron chi connectivity index (χ2n) is 7.39. The van der Waals surface area contributed by atoms with Gasteiger partial charge in [-0.25, -0.2) is 0 Å². The Balaban J connectivity index is 1.46. The number of hydrogen-bond acceptors (Lipinski definition) is 0. The zero-order valence-corrected chi connectivity index (χ0v) is 15.3. The first-order valence-electron chi connectivity index (χ1n) is 9.52. The summed E-state index contributed by atoms with van der Waals surface area (Å²) in [4.78, 5) is 0. The summed E-state index contributed by atoms with van der Waals surface area (Å²) >= 11 is 0. The van der Waals surface area contributed by atoms with E-state index >= 15 is 0 Å². The van der Waals surface area contributed by atoms with E-state index in [1.807, 2.05) is 0 Å². The van der Waals surface area contributed by atoms with Crippen LogP contribution in [0.3, 0.4) is 0 Å². The minimum atomic E-state index is 0.578. The summed E-state index contributed by atoms with van der Waals surface area (Å²) in [5, 5.41) is 0. The zero-order valence-electron chi connectivity index (χ0n) is 15.3. The average molecular weight is 326 g/mol. The van der Waals surface area contributed by atoms with Gasteiger partial charge in [-0.2, -0.15) is 0 Å². The van der Waals surface area contributed by atoms with Gasteiger partial charge in [-0.3, -0.25) is 0 Å². The maximum Gasteiger partial charge on any atom is -0.00138 e. The van der Waals surface area contributed by atoms with Gasteiger partial charge < -0.3 is 0 Å². The first-order chi connectivity index (χ1) is 12.2. The fraction of sp³-hybridized carbons (Fsp3) is 0.280. The van der Waals surface area contributed by atoms with Gasteiger partial charge in [0.05, 0.1) is 0 Å². The number of allylic oxidation sites excluding steroid dienone is 5. The Bertz CT molecular complexity index is 859. The van der Waals surface area contributed by atoms with E-state index in [1.54, 1.807) is 0 Å². The smallest absolute Gasteiger partial charge is 0.00138 e. The van der Waals surface area contributed by atoms with Crippen molar-refractivity contribution in [2.45, 2.75) is 39.5 Å². The first kappa shape index (κ1) is 16.1. The van der Waals surface area contributed by atoms with Crippen molar-refractivity contribution in [2.24, 2.45) is 5.92 Å². The second kappa shape index (κ2) is 6.88. The molecule has 2 aliphatic rings. The molecule has 0 heterocycles. The van der Waals surface area contributed by atoms with Crippen molar-refractivity contribution in [1.29, 1.82) is 0 Å². The molecule has 4 rings (SSSR count). The molecule has 0 spiro atoms. The van der Waals surface area contributed by atoms with E-state index in [0.717, 1.165) is 25.7 Å². The Morgan fingerprint density at radius 1 is 0.920 bits per heavy atom. The third kappa shape index (κ3) is 3.54. The summed E-state index contributed by atoms with van der Waals surface area (Å²) in [6, 6.07) is 16.1. The van der Waals surface area contributed by atoms with Crippen LogP contribution in [0.15, 0.2) is 71.8 Å². The van der Waals surface area contributed by atoms with Crippen molar-refractivity contribution in [3.63, 3.8) is 0 Å². The van der Waals surface area contributed by atoms with Crippen LogP contribution in [0.25, 0.3) is 6.08 Å². The molecule has 0 aromatic heterocycles. The van der Waals surface area contributed by atoms with Gasteiger partial charge in [0.15, 0.2) is 0 Å². The minimum absolute atomic E-state index is 0.578. The van der Waals surface area contributed by atoms with Crippen LogP contribution in [0, 0.1) is 5.92 Å². The number of rotatable bonds is 5. The Morgan fingerprint density at radius 3 is 2.36 bits per heavy atom. The van der Waals surface area contributed by atoms with Crippen LogP contribution in [-0.4, -0.2) is 0 Å². The molecule has 0 radical (unpaired) electrons. The van der Waals surface area contributed by atoms with Gasteiger partial charge in [-0.05, 0) is 70.6 Å². The highest BCUT2D eigenvalue weighted by molar-refractivity contribution is 5.71. The lowest BCUT2D eigenvalue weighted by atomic mass is 9.99. The lowest BCUT2D eigenvalue weighted by Gasteiger charge is -2.06. The van der Waals surface area contributed by atoms with E-state index in [4.69, 9.17) is 0 Å². The van der Waals surface area contributed by atoms with E-state index in [0.29, 0.717) is 5.92 Å². The summed E-state index contributed by atoms with van der Waals surface area (Å²) in [5.41, 5.74) is 10.1. The predicted octanol–water partition coefficient (Wildman–Crippen LogP) is 6.11. The zero-order chi connectivity index (χ0) is 17.2.